The van der Waals surface area contributed by atoms with Gasteiger partial charge in [0.15, 0.2) is 0 Å². The molecule has 1 heterocycles. The first-order chi connectivity index (χ1) is 10.9. The summed E-state index contributed by atoms with van der Waals surface area (Å²) in [6.07, 6.45) is 2.02. The number of hydrogen-bond donors (Lipinski definition) is 2. The fourth-order valence-electron chi connectivity index (χ4n) is 2.74. The highest BCUT2D eigenvalue weighted by Crippen LogP contribution is 2.17. The van der Waals surface area contributed by atoms with Crippen LogP contribution in [0.3, 0.4) is 0 Å². The molecule has 1 aliphatic heterocycles. The van der Waals surface area contributed by atoms with Crippen molar-refractivity contribution in [2.45, 2.75) is 24.3 Å². The molecule has 1 atom stereocenters. The first-order valence-electron chi connectivity index (χ1n) is 7.53. The molecule has 7 nitrogen and oxygen atoms in total. The zero-order valence-corrected chi connectivity index (χ0v) is 14.0. The smallest absolute Gasteiger partial charge is 0.317 e. The SMILES string of the molecule is COCC1CCCN(C(=O)NCc2cccc(S(N)(=O)=O)c2)C1. The van der Waals surface area contributed by atoms with Crippen molar-refractivity contribution in [1.82, 2.24) is 10.2 Å². The Kier molecular flexibility index (Phi) is 5.97. The normalized spacial score (nSPS) is 18.7. The van der Waals surface area contributed by atoms with Crippen molar-refractivity contribution < 1.29 is 17.9 Å². The van der Waals surface area contributed by atoms with Crippen molar-refractivity contribution in [2.24, 2.45) is 11.1 Å². The molecule has 2 rings (SSSR count). The second kappa shape index (κ2) is 7.76. The summed E-state index contributed by atoms with van der Waals surface area (Å²) in [7, 11) is -2.07. The summed E-state index contributed by atoms with van der Waals surface area (Å²) in [5.74, 6) is 0.366. The maximum atomic E-state index is 12.2. The predicted molar refractivity (Wildman–Crippen MR) is 86.2 cm³/mol. The van der Waals surface area contributed by atoms with Crippen LogP contribution in [-0.2, 0) is 21.3 Å². The van der Waals surface area contributed by atoms with Gasteiger partial charge in [0.2, 0.25) is 10.0 Å². The van der Waals surface area contributed by atoms with Gasteiger partial charge in [0, 0.05) is 32.7 Å². The van der Waals surface area contributed by atoms with Gasteiger partial charge in [0.25, 0.3) is 0 Å². The number of rotatable bonds is 5. The molecule has 0 bridgehead atoms. The highest BCUT2D eigenvalue weighted by Gasteiger charge is 2.23. The average molecular weight is 341 g/mol. The highest BCUT2D eigenvalue weighted by atomic mass is 32.2. The topological polar surface area (TPSA) is 102 Å². The zero-order chi connectivity index (χ0) is 16.9. The summed E-state index contributed by atoms with van der Waals surface area (Å²) in [6, 6.07) is 6.11. The summed E-state index contributed by atoms with van der Waals surface area (Å²) in [5.41, 5.74) is 0.690. The van der Waals surface area contributed by atoms with Gasteiger partial charge in [0.05, 0.1) is 11.5 Å². The minimum absolute atomic E-state index is 0.0439. The molecule has 1 saturated heterocycles. The van der Waals surface area contributed by atoms with E-state index in [1.54, 1.807) is 24.1 Å². The Bertz CT molecular complexity index is 646. The van der Waals surface area contributed by atoms with E-state index in [1.165, 1.54) is 12.1 Å². The van der Waals surface area contributed by atoms with Crippen molar-refractivity contribution in [3.05, 3.63) is 29.8 Å². The van der Waals surface area contributed by atoms with Gasteiger partial charge in [0.1, 0.15) is 0 Å². The third-order valence-electron chi connectivity index (χ3n) is 3.88. The minimum Gasteiger partial charge on any atom is -0.384 e. The molecule has 3 N–H and O–H groups in total. The van der Waals surface area contributed by atoms with Crippen molar-refractivity contribution >= 4 is 16.1 Å². The van der Waals surface area contributed by atoms with Gasteiger partial charge in [-0.05, 0) is 30.5 Å². The largest absolute Gasteiger partial charge is 0.384 e. The van der Waals surface area contributed by atoms with E-state index in [-0.39, 0.29) is 17.5 Å². The van der Waals surface area contributed by atoms with Gasteiger partial charge in [-0.15, -0.1) is 0 Å². The molecule has 0 aliphatic carbocycles. The summed E-state index contributed by atoms with van der Waals surface area (Å²) in [4.78, 5) is 14.1. The van der Waals surface area contributed by atoms with Crippen LogP contribution in [0.2, 0.25) is 0 Å². The molecule has 1 aliphatic rings. The van der Waals surface area contributed by atoms with Gasteiger partial charge >= 0.3 is 6.03 Å². The Balaban J connectivity index is 1.91. The zero-order valence-electron chi connectivity index (χ0n) is 13.2. The summed E-state index contributed by atoms with van der Waals surface area (Å²) < 4.78 is 27.8. The lowest BCUT2D eigenvalue weighted by Gasteiger charge is -2.32. The second-order valence-electron chi connectivity index (χ2n) is 5.76. The molecule has 128 valence electrons. The molecule has 1 aromatic rings. The molecule has 0 saturated carbocycles. The first kappa shape index (κ1) is 17.7. The van der Waals surface area contributed by atoms with E-state index >= 15 is 0 Å². The van der Waals surface area contributed by atoms with Crippen LogP contribution in [0.4, 0.5) is 4.79 Å². The number of piperidine rings is 1. The Hall–Kier alpha value is -1.64. The van der Waals surface area contributed by atoms with Crippen molar-refractivity contribution in [3.8, 4) is 0 Å². The lowest BCUT2D eigenvalue weighted by Crippen LogP contribution is -2.46. The van der Waals surface area contributed by atoms with Gasteiger partial charge in [-0.25, -0.2) is 18.4 Å². The molecule has 1 unspecified atom stereocenters. The first-order valence-corrected chi connectivity index (χ1v) is 9.08. The number of nitrogens with two attached hydrogens (primary N) is 1. The number of sulfonamides is 1. The number of urea groups is 1. The van der Waals surface area contributed by atoms with Gasteiger partial charge in [-0.1, -0.05) is 12.1 Å². The predicted octanol–water partition coefficient (Wildman–Crippen LogP) is 0.902. The van der Waals surface area contributed by atoms with E-state index in [2.05, 4.69) is 5.32 Å². The number of likely N-dealkylation sites (tertiary alicyclic amines) is 1. The molecule has 0 aromatic heterocycles. The third kappa shape index (κ3) is 5.19. The number of carbonyl (C=O) groups is 1. The maximum absolute atomic E-state index is 12.2. The number of nitrogens with one attached hydrogen (secondary N) is 1. The van der Waals surface area contributed by atoms with Crippen LogP contribution in [0, 0.1) is 5.92 Å². The summed E-state index contributed by atoms with van der Waals surface area (Å²) in [5, 5.41) is 7.93. The molecule has 8 heteroatoms. The third-order valence-corrected chi connectivity index (χ3v) is 4.79. The number of primary sulfonamides is 1. The lowest BCUT2D eigenvalue weighted by atomic mass is 9.99. The molecule has 0 spiro atoms. The van der Waals surface area contributed by atoms with Gasteiger partial charge in [-0.3, -0.25) is 0 Å². The Morgan fingerprint density at radius 3 is 2.96 bits per heavy atom. The van der Waals surface area contributed by atoms with Gasteiger partial charge in [-0.2, -0.15) is 0 Å². The number of hydrogen-bond acceptors (Lipinski definition) is 4. The maximum Gasteiger partial charge on any atom is 0.317 e. The number of amides is 2. The van der Waals surface area contributed by atoms with Crippen LogP contribution < -0.4 is 10.5 Å². The number of carbonyl (C=O) groups excluding carboxylic acids is 1. The van der Waals surface area contributed by atoms with Crippen LogP contribution in [-0.4, -0.2) is 46.2 Å². The number of nitrogens with zero attached hydrogens (tertiary/aromatic N) is 1. The lowest BCUT2D eigenvalue weighted by molar-refractivity contribution is 0.100. The van der Waals surface area contributed by atoms with Crippen LogP contribution in [0.15, 0.2) is 29.2 Å². The number of ether oxygens (including phenoxy) is 1. The van der Waals surface area contributed by atoms with Crippen molar-refractivity contribution in [2.75, 3.05) is 26.8 Å². The quantitative estimate of drug-likeness (QED) is 0.831. The van der Waals surface area contributed by atoms with E-state index < -0.39 is 10.0 Å². The molecular formula is C15H23N3O4S. The molecular weight excluding hydrogens is 318 g/mol. The molecule has 23 heavy (non-hydrogen) atoms. The van der Waals surface area contributed by atoms with Crippen LogP contribution >= 0.6 is 0 Å². The van der Waals surface area contributed by atoms with E-state index in [4.69, 9.17) is 9.88 Å². The van der Waals surface area contributed by atoms with Crippen LogP contribution in [0.1, 0.15) is 18.4 Å². The Morgan fingerprint density at radius 2 is 2.26 bits per heavy atom. The molecule has 2 amide bonds. The number of benzene rings is 1. The van der Waals surface area contributed by atoms with Crippen LogP contribution in [0.25, 0.3) is 0 Å². The van der Waals surface area contributed by atoms with E-state index in [0.29, 0.717) is 24.6 Å². The van der Waals surface area contributed by atoms with Crippen LogP contribution in [0.5, 0.6) is 0 Å². The van der Waals surface area contributed by atoms with Gasteiger partial charge < -0.3 is 15.0 Å². The fourth-order valence-corrected chi connectivity index (χ4v) is 3.33. The van der Waals surface area contributed by atoms with E-state index in [0.717, 1.165) is 19.4 Å². The van der Waals surface area contributed by atoms with E-state index in [1.807, 2.05) is 0 Å². The summed E-state index contributed by atoms with van der Waals surface area (Å²) >= 11 is 0. The standard InChI is InChI=1S/C15H23N3O4S/c1-22-11-13-5-3-7-18(10-13)15(19)17-9-12-4-2-6-14(8-12)23(16,20)21/h2,4,6,8,13H,3,5,7,9-11H2,1H3,(H,17,19)(H2,16,20,21). The Morgan fingerprint density at radius 1 is 1.48 bits per heavy atom. The number of methoxy groups -OCH3 is 1. The average Bonchev–Trinajstić information content (AvgIpc) is 2.53. The molecule has 1 aromatic carbocycles. The second-order valence-corrected chi connectivity index (χ2v) is 7.32. The minimum atomic E-state index is -3.73. The van der Waals surface area contributed by atoms with Crippen molar-refractivity contribution in [1.29, 1.82) is 0 Å². The fraction of sp³-hybridized carbons (Fsp3) is 0.533. The van der Waals surface area contributed by atoms with Crippen molar-refractivity contribution in [3.63, 3.8) is 0 Å². The highest BCUT2D eigenvalue weighted by molar-refractivity contribution is 7.89. The summed E-state index contributed by atoms with van der Waals surface area (Å²) in [6.45, 7) is 2.31. The monoisotopic (exact) mass is 341 g/mol. The Labute approximate surface area is 136 Å². The molecule has 1 fully saturated rings. The molecule has 0 radical (unpaired) electrons. The van der Waals surface area contributed by atoms with E-state index in [9.17, 15) is 13.2 Å².